The molecule has 1 fully saturated rings. The second-order valence-electron chi connectivity index (χ2n) is 12.4. The van der Waals surface area contributed by atoms with E-state index in [0.717, 1.165) is 27.8 Å². The summed E-state index contributed by atoms with van der Waals surface area (Å²) in [7, 11) is 0. The maximum absolute atomic E-state index is 14.1. The van der Waals surface area contributed by atoms with Crippen LogP contribution in [0.5, 0.6) is 5.75 Å². The summed E-state index contributed by atoms with van der Waals surface area (Å²) in [5.41, 5.74) is 4.75. The van der Waals surface area contributed by atoms with Crippen LogP contribution in [0, 0.1) is 39.5 Å². The molecule has 7 nitrogen and oxygen atoms in total. The van der Waals surface area contributed by atoms with Gasteiger partial charge >= 0.3 is 0 Å². The van der Waals surface area contributed by atoms with Gasteiger partial charge in [0.05, 0.1) is 11.5 Å². The molecule has 5 rings (SSSR count). The number of anilines is 2. The van der Waals surface area contributed by atoms with E-state index in [1.165, 1.54) is 6.92 Å². The summed E-state index contributed by atoms with van der Waals surface area (Å²) in [5.74, 6) is -4.06. The van der Waals surface area contributed by atoms with Crippen molar-refractivity contribution in [1.82, 2.24) is 0 Å². The minimum Gasteiger partial charge on any atom is -0.489 e. The molecule has 1 aliphatic carbocycles. The number of aryl methyl sites for hydroxylation is 4. The smallest absolute Gasteiger partial charge is 0.235 e. The number of aliphatic hydroxyl groups is 1. The molecule has 1 saturated carbocycles. The molecule has 2 amide bonds. The normalized spacial score (nSPS) is 21.2. The van der Waals surface area contributed by atoms with Crippen molar-refractivity contribution >= 4 is 29.0 Å². The minimum atomic E-state index is -1.71. The number of rotatable bonds is 8. The van der Waals surface area contributed by atoms with E-state index in [0.29, 0.717) is 29.3 Å². The number of hydrogen-bond donors (Lipinski definition) is 3. The first-order valence-corrected chi connectivity index (χ1v) is 15.2. The maximum Gasteiger partial charge on any atom is 0.235 e. The number of ether oxygens (including phenoxy) is 1. The monoisotopic (exact) mass is 604 g/mol. The van der Waals surface area contributed by atoms with E-state index in [2.05, 4.69) is 10.6 Å². The Morgan fingerprint density at radius 3 is 1.93 bits per heavy atom. The highest BCUT2D eigenvalue weighted by Crippen LogP contribution is 2.47. The van der Waals surface area contributed by atoms with Crippen molar-refractivity contribution in [3.8, 4) is 5.75 Å². The molecule has 0 spiro atoms. The molecule has 4 aromatic carbocycles. The third-order valence-corrected chi connectivity index (χ3v) is 8.65. The van der Waals surface area contributed by atoms with E-state index in [4.69, 9.17) is 4.74 Å². The van der Waals surface area contributed by atoms with Crippen LogP contribution in [0.25, 0.3) is 0 Å². The number of hydrogen-bond acceptors (Lipinski definition) is 5. The first-order chi connectivity index (χ1) is 21.4. The van der Waals surface area contributed by atoms with Crippen LogP contribution in [0.1, 0.15) is 52.6 Å². The van der Waals surface area contributed by atoms with Crippen molar-refractivity contribution in [2.75, 3.05) is 10.6 Å². The zero-order valence-corrected chi connectivity index (χ0v) is 26.4. The van der Waals surface area contributed by atoms with Crippen LogP contribution in [0.2, 0.25) is 0 Å². The van der Waals surface area contributed by atoms with Crippen LogP contribution in [-0.4, -0.2) is 28.3 Å². The largest absolute Gasteiger partial charge is 0.489 e. The number of amides is 2. The Labute approximate surface area is 264 Å². The first kappa shape index (κ1) is 31.7. The van der Waals surface area contributed by atoms with Gasteiger partial charge in [-0.05, 0) is 92.3 Å². The van der Waals surface area contributed by atoms with E-state index in [1.807, 2.05) is 94.4 Å². The van der Waals surface area contributed by atoms with Crippen LogP contribution in [0.4, 0.5) is 11.4 Å². The van der Waals surface area contributed by atoms with Gasteiger partial charge in [0, 0.05) is 23.7 Å². The first-order valence-electron chi connectivity index (χ1n) is 15.2. The molecule has 4 aromatic rings. The zero-order chi connectivity index (χ0) is 32.3. The molecule has 0 bridgehead atoms. The lowest BCUT2D eigenvalue weighted by Crippen LogP contribution is -2.56. The molecule has 232 valence electrons. The van der Waals surface area contributed by atoms with Gasteiger partial charge in [-0.3, -0.25) is 14.4 Å². The van der Waals surface area contributed by atoms with Crippen molar-refractivity contribution in [2.45, 2.75) is 59.2 Å². The lowest BCUT2D eigenvalue weighted by atomic mass is 9.61. The lowest BCUT2D eigenvalue weighted by molar-refractivity contribution is -0.150. The fourth-order valence-electron chi connectivity index (χ4n) is 6.18. The summed E-state index contributed by atoms with van der Waals surface area (Å²) >= 11 is 0. The molecule has 4 atom stereocenters. The molecule has 0 radical (unpaired) electrons. The number of carbonyl (C=O) groups excluding carboxylic acids is 3. The minimum absolute atomic E-state index is 0.336. The predicted molar refractivity (Wildman–Crippen MR) is 176 cm³/mol. The molecule has 4 unspecified atom stereocenters. The number of nitrogens with one attached hydrogen (secondary N) is 2. The Bertz CT molecular complexity index is 1710. The Kier molecular flexibility index (Phi) is 9.21. The van der Waals surface area contributed by atoms with Gasteiger partial charge in [0.1, 0.15) is 24.1 Å². The van der Waals surface area contributed by atoms with Crippen LogP contribution in [0.3, 0.4) is 0 Å². The lowest BCUT2D eigenvalue weighted by Gasteiger charge is -2.44. The molecular weight excluding hydrogens is 564 g/mol. The molecule has 0 saturated heterocycles. The summed E-state index contributed by atoms with van der Waals surface area (Å²) in [6, 6.07) is 28.3. The van der Waals surface area contributed by atoms with Crippen molar-refractivity contribution in [1.29, 1.82) is 0 Å². The van der Waals surface area contributed by atoms with Gasteiger partial charge in [-0.1, -0.05) is 66.7 Å². The molecule has 0 heterocycles. The van der Waals surface area contributed by atoms with Crippen LogP contribution in [0.15, 0.2) is 91.0 Å². The summed E-state index contributed by atoms with van der Waals surface area (Å²) < 4.78 is 5.98. The topological polar surface area (TPSA) is 105 Å². The third kappa shape index (κ3) is 7.15. The number of benzene rings is 4. The van der Waals surface area contributed by atoms with Gasteiger partial charge in [-0.2, -0.15) is 0 Å². The molecule has 3 N–H and O–H groups in total. The third-order valence-electron chi connectivity index (χ3n) is 8.65. The molecule has 7 heteroatoms. The summed E-state index contributed by atoms with van der Waals surface area (Å²) in [6.07, 6.45) is -0.336. The van der Waals surface area contributed by atoms with Gasteiger partial charge < -0.3 is 20.5 Å². The quantitative estimate of drug-likeness (QED) is 0.192. The van der Waals surface area contributed by atoms with E-state index in [9.17, 15) is 19.5 Å². The van der Waals surface area contributed by atoms with Gasteiger partial charge in [0.2, 0.25) is 11.8 Å². The second kappa shape index (κ2) is 13.1. The van der Waals surface area contributed by atoms with Gasteiger partial charge in [-0.15, -0.1) is 0 Å². The molecule has 45 heavy (non-hydrogen) atoms. The maximum atomic E-state index is 14.1. The molecular formula is C38H40N2O5. The van der Waals surface area contributed by atoms with E-state index in [-0.39, 0.29) is 6.42 Å². The van der Waals surface area contributed by atoms with Crippen molar-refractivity contribution < 1.29 is 24.2 Å². The SMILES string of the molecule is Cc1ccc(C)c(NC(=O)C2C(=O)CC(C)(O)C(C(=O)Nc3cc(C)ccc3C)C2c2ccc(OCc3ccccc3)cc2)c1. The Morgan fingerprint density at radius 1 is 0.800 bits per heavy atom. The van der Waals surface area contributed by atoms with Crippen LogP contribution < -0.4 is 15.4 Å². The highest BCUT2D eigenvalue weighted by atomic mass is 16.5. The molecule has 0 aliphatic heterocycles. The van der Waals surface area contributed by atoms with Crippen molar-refractivity contribution in [3.05, 3.63) is 124 Å². The number of ketones is 1. The van der Waals surface area contributed by atoms with Crippen molar-refractivity contribution in [2.24, 2.45) is 11.8 Å². The molecule has 0 aromatic heterocycles. The summed E-state index contributed by atoms with van der Waals surface area (Å²) in [4.78, 5) is 41.9. The van der Waals surface area contributed by atoms with Crippen LogP contribution >= 0.6 is 0 Å². The standard InChI is InChI=1S/C38H40N2O5/c1-23-11-13-25(3)30(19-23)39-36(42)34-32(41)21-38(5,44)35(37(43)40-31-20-24(2)12-14-26(31)4)33(34)28-15-17-29(18-16-28)45-22-27-9-7-6-8-10-27/h6-20,33-35,44H,21-22H2,1-5H3,(H,39,42)(H,40,43). The average Bonchev–Trinajstić information content (AvgIpc) is 2.99. The highest BCUT2D eigenvalue weighted by molar-refractivity contribution is 6.10. The van der Waals surface area contributed by atoms with Gasteiger partial charge in [0.15, 0.2) is 0 Å². The van der Waals surface area contributed by atoms with Crippen LogP contribution in [-0.2, 0) is 21.0 Å². The Hall–Kier alpha value is -4.75. The second-order valence-corrected chi connectivity index (χ2v) is 12.4. The Morgan fingerprint density at radius 2 is 1.36 bits per heavy atom. The van der Waals surface area contributed by atoms with E-state index in [1.54, 1.807) is 24.3 Å². The average molecular weight is 605 g/mol. The fourth-order valence-corrected chi connectivity index (χ4v) is 6.18. The summed E-state index contributed by atoms with van der Waals surface area (Å²) in [6.45, 7) is 9.51. The van der Waals surface area contributed by atoms with E-state index >= 15 is 0 Å². The van der Waals surface area contributed by atoms with Crippen molar-refractivity contribution in [3.63, 3.8) is 0 Å². The number of carbonyl (C=O) groups is 3. The molecule has 1 aliphatic rings. The van der Waals surface area contributed by atoms with E-state index < -0.39 is 41.0 Å². The highest BCUT2D eigenvalue weighted by Gasteiger charge is 2.56. The van der Waals surface area contributed by atoms with Gasteiger partial charge in [0.25, 0.3) is 0 Å². The Balaban J connectivity index is 1.52. The summed E-state index contributed by atoms with van der Waals surface area (Å²) in [5, 5.41) is 17.7. The van der Waals surface area contributed by atoms with Gasteiger partial charge in [-0.25, -0.2) is 0 Å². The zero-order valence-electron chi connectivity index (χ0n) is 26.4. The predicted octanol–water partition coefficient (Wildman–Crippen LogP) is 6.82. The number of Topliss-reactive ketones (excluding diaryl/α,β-unsaturated/α-hetero) is 1. The fraction of sp³-hybridized carbons (Fsp3) is 0.289.